The number of aliphatic hydroxyl groups is 1. The van der Waals surface area contributed by atoms with E-state index in [-0.39, 0.29) is 18.2 Å². The SMILES string of the molecule is CCNc1nc(NCC(C)(C)O)c(F)cc1F. The number of nitrogens with one attached hydrogen (secondary N) is 2. The zero-order valence-corrected chi connectivity index (χ0v) is 10.1. The zero-order chi connectivity index (χ0) is 13.1. The summed E-state index contributed by atoms with van der Waals surface area (Å²) in [6.07, 6.45) is 0. The van der Waals surface area contributed by atoms with Crippen LogP contribution in [0.4, 0.5) is 20.4 Å². The fraction of sp³-hybridized carbons (Fsp3) is 0.545. The molecule has 0 saturated heterocycles. The monoisotopic (exact) mass is 245 g/mol. The number of hydrogen-bond donors (Lipinski definition) is 3. The summed E-state index contributed by atoms with van der Waals surface area (Å²) in [4.78, 5) is 3.78. The fourth-order valence-electron chi connectivity index (χ4n) is 1.18. The minimum absolute atomic E-state index is 0.00727. The quantitative estimate of drug-likeness (QED) is 0.742. The molecular weight excluding hydrogens is 228 g/mol. The minimum atomic E-state index is -0.999. The molecule has 0 saturated carbocycles. The lowest BCUT2D eigenvalue weighted by molar-refractivity contribution is 0.0943. The molecule has 4 nitrogen and oxygen atoms in total. The third-order valence-corrected chi connectivity index (χ3v) is 1.96. The van der Waals surface area contributed by atoms with Gasteiger partial charge < -0.3 is 15.7 Å². The summed E-state index contributed by atoms with van der Waals surface area (Å²) in [7, 11) is 0. The molecule has 1 aromatic rings. The maximum absolute atomic E-state index is 13.4. The molecule has 0 unspecified atom stereocenters. The van der Waals surface area contributed by atoms with Gasteiger partial charge in [0.15, 0.2) is 23.3 Å². The van der Waals surface area contributed by atoms with Crippen LogP contribution in [0.3, 0.4) is 0 Å². The van der Waals surface area contributed by atoms with Gasteiger partial charge in [-0.25, -0.2) is 13.8 Å². The van der Waals surface area contributed by atoms with E-state index in [2.05, 4.69) is 15.6 Å². The molecule has 0 aliphatic heterocycles. The average molecular weight is 245 g/mol. The maximum atomic E-state index is 13.4. The van der Waals surface area contributed by atoms with E-state index in [1.54, 1.807) is 20.8 Å². The Balaban J connectivity index is 2.88. The van der Waals surface area contributed by atoms with Crippen molar-refractivity contribution in [2.75, 3.05) is 23.7 Å². The van der Waals surface area contributed by atoms with E-state index < -0.39 is 17.2 Å². The van der Waals surface area contributed by atoms with Gasteiger partial charge in [-0.15, -0.1) is 0 Å². The van der Waals surface area contributed by atoms with E-state index in [4.69, 9.17) is 0 Å². The van der Waals surface area contributed by atoms with Crippen LogP contribution in [-0.2, 0) is 0 Å². The summed E-state index contributed by atoms with van der Waals surface area (Å²) < 4.78 is 26.6. The Kier molecular flexibility index (Phi) is 4.22. The first kappa shape index (κ1) is 13.6. The van der Waals surface area contributed by atoms with Crippen LogP contribution in [0, 0.1) is 11.6 Å². The summed E-state index contributed by atoms with van der Waals surface area (Å²) in [5, 5.41) is 14.8. The van der Waals surface area contributed by atoms with Crippen LogP contribution in [0.2, 0.25) is 0 Å². The Morgan fingerprint density at radius 2 is 1.76 bits per heavy atom. The number of anilines is 2. The van der Waals surface area contributed by atoms with Gasteiger partial charge in [0.1, 0.15) is 0 Å². The van der Waals surface area contributed by atoms with Crippen molar-refractivity contribution in [2.24, 2.45) is 0 Å². The molecule has 0 aliphatic rings. The van der Waals surface area contributed by atoms with Crippen molar-refractivity contribution in [3.8, 4) is 0 Å². The van der Waals surface area contributed by atoms with Crippen molar-refractivity contribution in [3.05, 3.63) is 17.7 Å². The molecule has 0 atom stereocenters. The van der Waals surface area contributed by atoms with Crippen LogP contribution in [0.25, 0.3) is 0 Å². The zero-order valence-electron chi connectivity index (χ0n) is 10.1. The largest absolute Gasteiger partial charge is 0.389 e. The highest BCUT2D eigenvalue weighted by Gasteiger charge is 2.16. The average Bonchev–Trinajstić information content (AvgIpc) is 2.19. The fourth-order valence-corrected chi connectivity index (χ4v) is 1.18. The smallest absolute Gasteiger partial charge is 0.168 e. The predicted molar refractivity (Wildman–Crippen MR) is 63.1 cm³/mol. The first-order chi connectivity index (χ1) is 7.83. The van der Waals surface area contributed by atoms with Crippen molar-refractivity contribution in [3.63, 3.8) is 0 Å². The maximum Gasteiger partial charge on any atom is 0.168 e. The number of rotatable bonds is 5. The van der Waals surface area contributed by atoms with Crippen LogP contribution in [0.1, 0.15) is 20.8 Å². The topological polar surface area (TPSA) is 57.2 Å². The highest BCUT2D eigenvalue weighted by Crippen LogP contribution is 2.19. The van der Waals surface area contributed by atoms with Gasteiger partial charge in [-0.05, 0) is 20.8 Å². The van der Waals surface area contributed by atoms with E-state index in [0.717, 1.165) is 6.07 Å². The van der Waals surface area contributed by atoms with Crippen LogP contribution in [0.15, 0.2) is 6.07 Å². The van der Waals surface area contributed by atoms with Gasteiger partial charge in [-0.3, -0.25) is 0 Å². The lowest BCUT2D eigenvalue weighted by Gasteiger charge is -2.18. The molecule has 0 aromatic carbocycles. The van der Waals surface area contributed by atoms with Crippen LogP contribution >= 0.6 is 0 Å². The molecule has 0 bridgehead atoms. The molecule has 0 fully saturated rings. The van der Waals surface area contributed by atoms with Gasteiger partial charge in [0.25, 0.3) is 0 Å². The molecule has 3 N–H and O–H groups in total. The Morgan fingerprint density at radius 1 is 1.24 bits per heavy atom. The van der Waals surface area contributed by atoms with Gasteiger partial charge in [0, 0.05) is 19.2 Å². The first-order valence-corrected chi connectivity index (χ1v) is 5.39. The van der Waals surface area contributed by atoms with E-state index in [0.29, 0.717) is 6.54 Å². The number of hydrogen-bond acceptors (Lipinski definition) is 4. The molecule has 1 rings (SSSR count). The minimum Gasteiger partial charge on any atom is -0.389 e. The van der Waals surface area contributed by atoms with Crippen molar-refractivity contribution in [1.29, 1.82) is 0 Å². The summed E-state index contributed by atoms with van der Waals surface area (Å²) in [6.45, 7) is 5.54. The van der Waals surface area contributed by atoms with Crippen LogP contribution in [0.5, 0.6) is 0 Å². The van der Waals surface area contributed by atoms with E-state index in [1.807, 2.05) is 0 Å². The molecule has 0 aliphatic carbocycles. The molecule has 0 amide bonds. The van der Waals surface area contributed by atoms with Gasteiger partial charge >= 0.3 is 0 Å². The second kappa shape index (κ2) is 5.27. The Hall–Kier alpha value is -1.43. The molecule has 17 heavy (non-hydrogen) atoms. The van der Waals surface area contributed by atoms with Crippen molar-refractivity contribution in [2.45, 2.75) is 26.4 Å². The van der Waals surface area contributed by atoms with E-state index in [9.17, 15) is 13.9 Å². The highest BCUT2D eigenvalue weighted by atomic mass is 19.1. The van der Waals surface area contributed by atoms with Gasteiger partial charge in [-0.2, -0.15) is 0 Å². The predicted octanol–water partition coefficient (Wildman–Crippen LogP) is 1.97. The highest BCUT2D eigenvalue weighted by molar-refractivity contribution is 5.47. The van der Waals surface area contributed by atoms with Crippen molar-refractivity contribution in [1.82, 2.24) is 4.98 Å². The molecule has 1 aromatic heterocycles. The summed E-state index contributed by atoms with van der Waals surface area (Å²) in [5.74, 6) is -1.61. The van der Waals surface area contributed by atoms with Gasteiger partial charge in [0.05, 0.1) is 5.60 Å². The number of halogens is 2. The number of pyridine rings is 1. The second-order valence-corrected chi connectivity index (χ2v) is 4.35. The molecule has 6 heteroatoms. The number of aromatic nitrogens is 1. The number of nitrogens with zero attached hydrogens (tertiary/aromatic N) is 1. The Bertz CT molecular complexity index is 391. The van der Waals surface area contributed by atoms with E-state index >= 15 is 0 Å². The summed E-state index contributed by atoms with van der Waals surface area (Å²) in [5.41, 5.74) is -0.999. The first-order valence-electron chi connectivity index (χ1n) is 5.39. The summed E-state index contributed by atoms with van der Waals surface area (Å²) >= 11 is 0. The normalized spacial score (nSPS) is 11.4. The lowest BCUT2D eigenvalue weighted by atomic mass is 10.1. The van der Waals surface area contributed by atoms with E-state index in [1.165, 1.54) is 0 Å². The standard InChI is InChI=1S/C11H17F2N3O/c1-4-14-9-7(12)5-8(13)10(16-9)15-6-11(2,3)17/h5,17H,4,6H2,1-3H3,(H2,14,15,16). The Morgan fingerprint density at radius 3 is 2.24 bits per heavy atom. The molecule has 0 spiro atoms. The molecule has 96 valence electrons. The van der Waals surface area contributed by atoms with Gasteiger partial charge in [0.2, 0.25) is 0 Å². The van der Waals surface area contributed by atoms with Crippen LogP contribution in [-0.4, -0.2) is 28.8 Å². The lowest BCUT2D eigenvalue weighted by Crippen LogP contribution is -2.30. The van der Waals surface area contributed by atoms with Gasteiger partial charge in [-0.1, -0.05) is 0 Å². The van der Waals surface area contributed by atoms with Crippen molar-refractivity contribution >= 4 is 11.6 Å². The van der Waals surface area contributed by atoms with Crippen LogP contribution < -0.4 is 10.6 Å². The molecule has 0 radical (unpaired) electrons. The molecular formula is C11H17F2N3O. The van der Waals surface area contributed by atoms with Crippen molar-refractivity contribution < 1.29 is 13.9 Å². The molecule has 1 heterocycles. The second-order valence-electron chi connectivity index (χ2n) is 4.35. The Labute approximate surface area is 99.1 Å². The summed E-state index contributed by atoms with van der Waals surface area (Å²) in [6, 6.07) is 0.762. The third-order valence-electron chi connectivity index (χ3n) is 1.96. The third kappa shape index (κ3) is 4.14.